The molecule has 0 bridgehead atoms. The van der Waals surface area contributed by atoms with Crippen molar-refractivity contribution in [3.63, 3.8) is 0 Å². The van der Waals surface area contributed by atoms with Gasteiger partial charge in [0.25, 0.3) is 0 Å². The average molecular weight is 809 g/mol. The molecule has 284 valence electrons. The normalized spacial score (nSPS) is 20.4. The van der Waals surface area contributed by atoms with E-state index in [1.807, 2.05) is 32.0 Å². The number of piperidine rings is 2. The van der Waals surface area contributed by atoms with Gasteiger partial charge in [0.2, 0.25) is 0 Å². The van der Waals surface area contributed by atoms with E-state index in [0.717, 1.165) is 84.8 Å². The fourth-order valence-corrected chi connectivity index (χ4v) is 9.25. The van der Waals surface area contributed by atoms with E-state index in [4.69, 9.17) is 38.5 Å². The molecule has 0 radical (unpaired) electrons. The maximum atomic E-state index is 11.0. The van der Waals surface area contributed by atoms with Gasteiger partial charge in [0.05, 0.1) is 0 Å². The number of aldehydes is 2. The van der Waals surface area contributed by atoms with Gasteiger partial charge in [-0.1, -0.05) is 101 Å². The van der Waals surface area contributed by atoms with Crippen molar-refractivity contribution in [1.82, 2.24) is 9.80 Å². The number of furan rings is 1. The molecule has 2 aliphatic heterocycles. The summed E-state index contributed by atoms with van der Waals surface area (Å²) in [4.78, 5) is 38.1. The molecule has 0 saturated carbocycles. The van der Waals surface area contributed by atoms with E-state index in [1.54, 1.807) is 46.9 Å². The van der Waals surface area contributed by atoms with Crippen molar-refractivity contribution < 1.29 is 23.9 Å². The third-order valence-corrected chi connectivity index (χ3v) is 13.0. The molecule has 0 amide bonds. The predicted molar refractivity (Wildman–Crippen MR) is 223 cm³/mol. The Morgan fingerprint density at radius 3 is 2.29 bits per heavy atom. The van der Waals surface area contributed by atoms with Crippen molar-refractivity contribution in [2.24, 2.45) is 11.7 Å². The summed E-state index contributed by atoms with van der Waals surface area (Å²) in [5.74, 6) is 1.86. The summed E-state index contributed by atoms with van der Waals surface area (Å²) in [6.45, 7) is 18.5. The van der Waals surface area contributed by atoms with Crippen molar-refractivity contribution in [3.8, 4) is 0 Å². The number of carbonyl (C=O) groups excluding carboxylic acids is 2. The lowest BCUT2D eigenvalue weighted by Crippen LogP contribution is -2.38. The van der Waals surface area contributed by atoms with E-state index in [1.165, 1.54) is 21.3 Å². The van der Waals surface area contributed by atoms with Crippen LogP contribution >= 0.6 is 56.6 Å². The van der Waals surface area contributed by atoms with Gasteiger partial charge in [0.15, 0.2) is 0 Å². The lowest BCUT2D eigenvalue weighted by molar-refractivity contribution is -0.137. The smallest absolute Gasteiger partial charge is 0.321 e. The second kappa shape index (κ2) is 24.8. The molecule has 0 aliphatic carbocycles. The molecule has 0 spiro atoms. The van der Waals surface area contributed by atoms with Crippen molar-refractivity contribution >= 4 is 75.1 Å². The molecule has 8 nitrogen and oxygen atoms in total. The number of hydrogen-bond acceptors (Lipinski definition) is 10. The van der Waals surface area contributed by atoms with Crippen LogP contribution in [-0.2, 0) is 20.9 Å². The van der Waals surface area contributed by atoms with Crippen LogP contribution in [0.3, 0.4) is 0 Å². The van der Waals surface area contributed by atoms with Gasteiger partial charge in [-0.25, -0.2) is 0 Å². The number of thioether (sulfide) groups is 1. The Balaban J connectivity index is 0.000000299. The van der Waals surface area contributed by atoms with Crippen LogP contribution in [0.15, 0.2) is 98.9 Å². The molecule has 3 heterocycles. The van der Waals surface area contributed by atoms with E-state index in [2.05, 4.69) is 48.3 Å². The van der Waals surface area contributed by atoms with Gasteiger partial charge < -0.3 is 15.3 Å². The summed E-state index contributed by atoms with van der Waals surface area (Å²) in [7, 11) is 3.00. The van der Waals surface area contributed by atoms with Gasteiger partial charge in [-0.2, -0.15) is 0 Å². The van der Waals surface area contributed by atoms with E-state index >= 15 is 0 Å². The zero-order valence-corrected chi connectivity index (χ0v) is 34.4. The molecule has 3 atom stereocenters. The van der Waals surface area contributed by atoms with Crippen LogP contribution in [0, 0.1) is 19.8 Å². The molecule has 2 saturated heterocycles. The Morgan fingerprint density at radius 1 is 1.08 bits per heavy atom. The number of aliphatic carboxylic acids is 1. The lowest BCUT2D eigenvalue weighted by Gasteiger charge is -2.34. The molecule has 2 fully saturated rings. The summed E-state index contributed by atoms with van der Waals surface area (Å²) in [6, 6.07) is 9.12. The first kappa shape index (κ1) is 45.7. The van der Waals surface area contributed by atoms with Gasteiger partial charge in [-0.15, -0.1) is 11.8 Å². The predicted octanol–water partition coefficient (Wildman–Crippen LogP) is 8.77. The molecule has 2 unspecified atom stereocenters. The number of likely N-dealkylation sites (tertiary alicyclic amines) is 2. The van der Waals surface area contributed by atoms with Crippen LogP contribution in [0.25, 0.3) is 0 Å². The van der Waals surface area contributed by atoms with Gasteiger partial charge >= 0.3 is 5.97 Å². The minimum atomic E-state index is -1.01. The molecule has 2 aliphatic rings. The maximum absolute atomic E-state index is 11.0. The Bertz CT molecular complexity index is 1590. The maximum Gasteiger partial charge on any atom is 0.321 e. The van der Waals surface area contributed by atoms with Crippen LogP contribution in [0.4, 0.5) is 0 Å². The Morgan fingerprint density at radius 2 is 1.73 bits per heavy atom. The van der Waals surface area contributed by atoms with Crippen molar-refractivity contribution in [2.45, 2.75) is 56.3 Å². The first-order chi connectivity index (χ1) is 24.9. The minimum Gasteiger partial charge on any atom is -0.480 e. The number of nitrogens with zero attached hydrogens (tertiary/aromatic N) is 2. The molecule has 4 rings (SSSR count). The second-order valence-corrected chi connectivity index (χ2v) is 16.6. The number of carboxylic acid groups (broad SMARTS) is 1. The molecule has 13 heteroatoms. The Labute approximate surface area is 331 Å². The average Bonchev–Trinajstić information content (AvgIpc) is 3.47. The Hall–Kier alpha value is -2.48. The first-order valence-electron chi connectivity index (χ1n) is 16.8. The molecular weight excluding hydrogens is 758 g/mol. The number of allylic oxidation sites excluding steroid dienone is 4. The number of carboxylic acids is 1. The summed E-state index contributed by atoms with van der Waals surface area (Å²) in [6.07, 6.45) is 12.3. The highest BCUT2D eigenvalue weighted by atomic mass is 35.5. The molecule has 52 heavy (non-hydrogen) atoms. The number of halogens is 2. The van der Waals surface area contributed by atoms with E-state index in [9.17, 15) is 14.4 Å². The molecular formula is C39H51Cl2N3O5S3. The van der Waals surface area contributed by atoms with Gasteiger partial charge in [-0.3, -0.25) is 24.2 Å². The summed E-state index contributed by atoms with van der Waals surface area (Å²) >= 11 is 14.0. The first-order valence-corrected chi connectivity index (χ1v) is 21.2. The number of hydrogen-bond donors (Lipinski definition) is 2. The van der Waals surface area contributed by atoms with Gasteiger partial charge in [0, 0.05) is 58.7 Å². The van der Waals surface area contributed by atoms with Gasteiger partial charge in [-0.05, 0) is 86.4 Å². The molecule has 3 N–H and O–H groups in total. The van der Waals surface area contributed by atoms with Crippen LogP contribution in [0.1, 0.15) is 36.8 Å². The number of aryl methyl sites for hydroxylation is 2. The second-order valence-electron chi connectivity index (χ2n) is 12.3. The highest BCUT2D eigenvalue weighted by Gasteiger charge is 2.26. The largest absolute Gasteiger partial charge is 0.480 e. The summed E-state index contributed by atoms with van der Waals surface area (Å²) < 4.78 is 5.28. The molecule has 2 aromatic rings. The van der Waals surface area contributed by atoms with E-state index in [-0.39, 0.29) is 5.25 Å². The van der Waals surface area contributed by atoms with Crippen molar-refractivity contribution in [3.05, 3.63) is 112 Å². The van der Waals surface area contributed by atoms with E-state index < -0.39 is 12.0 Å². The highest BCUT2D eigenvalue weighted by molar-refractivity contribution is 8.77. The molecule has 1 aromatic heterocycles. The van der Waals surface area contributed by atoms with Gasteiger partial charge in [0.1, 0.15) is 30.1 Å². The number of rotatable bonds is 14. The van der Waals surface area contributed by atoms with Crippen LogP contribution < -0.4 is 5.73 Å². The quantitative estimate of drug-likeness (QED) is 0.0628. The highest BCUT2D eigenvalue weighted by Crippen LogP contribution is 2.36. The minimum absolute atomic E-state index is 0.165. The van der Waals surface area contributed by atoms with E-state index in [0.29, 0.717) is 29.8 Å². The standard InChI is InChI=1S/C17H23ClN2O3S2.C15H18ClNO.C7H10OS/c1-3-12(14(18)4-2)9-20-7-5-16(13(10-20)6-8-21)25-24-11-15(19)17(22)23;1-12-6-8-17(10-13(12)7-9-18)11-14-4-2-3-5-15(14)16;1-5-4-7(9-3)6(2)8-5/h3-4,6,8,15-16H,1-2,5,7,9-11,19H2,(H,22,23);2-5,7,9,12H,6,8,10-11H2,1H3;4H,1-3H3/b13-6-,14-12-;13-7-;/t15-,16?;;/m0../s1. The summed E-state index contributed by atoms with van der Waals surface area (Å²) in [5, 5.41) is 10.4. The van der Waals surface area contributed by atoms with Crippen molar-refractivity contribution in [2.75, 3.05) is 44.7 Å². The SMILES string of the molecule is C=C/C(Cl)=C(\C=C)CN1CCC(SSC[C@H](N)C(=O)O)/C(=C\C=O)C1.CC1CCN(Cc2ccccc2Cl)C/C1=C/C=O.CSc1cc(C)oc1C. The number of carbonyl (C=O) groups is 3. The fraction of sp³-hybridized carbons (Fsp3) is 0.410. The topological polar surface area (TPSA) is 117 Å². The van der Waals surface area contributed by atoms with Crippen LogP contribution in [0.5, 0.6) is 0 Å². The van der Waals surface area contributed by atoms with Crippen LogP contribution in [-0.4, -0.2) is 89.5 Å². The van der Waals surface area contributed by atoms with Crippen LogP contribution in [0.2, 0.25) is 5.02 Å². The number of nitrogens with two attached hydrogens (primary N) is 1. The third kappa shape index (κ3) is 15.9. The third-order valence-electron chi connectivity index (χ3n) is 8.45. The zero-order valence-electron chi connectivity index (χ0n) is 30.4. The van der Waals surface area contributed by atoms with Crippen molar-refractivity contribution in [1.29, 1.82) is 0 Å². The zero-order chi connectivity index (χ0) is 38.6. The number of benzene rings is 1. The Kier molecular flexibility index (Phi) is 21.8. The molecule has 1 aromatic carbocycles. The fourth-order valence-electron chi connectivity index (χ4n) is 5.46. The monoisotopic (exact) mass is 807 g/mol. The summed E-state index contributed by atoms with van der Waals surface area (Å²) in [5.41, 5.74) is 9.80. The lowest BCUT2D eigenvalue weighted by atomic mass is 9.92.